The van der Waals surface area contributed by atoms with Crippen molar-refractivity contribution in [3.63, 3.8) is 0 Å². The summed E-state index contributed by atoms with van der Waals surface area (Å²) in [5, 5.41) is 241. The zero-order valence-corrected chi connectivity index (χ0v) is 61.3. The molecule has 47 atom stereocenters. The van der Waals surface area contributed by atoms with E-state index in [9.17, 15) is 112 Å². The molecule has 0 amide bonds. The molecule has 108 heavy (non-hydrogen) atoms. The Morgan fingerprint density at radius 1 is 0.389 bits per heavy atom. The fourth-order valence-electron chi connectivity index (χ4n) is 20.4. The van der Waals surface area contributed by atoms with E-state index in [1.54, 1.807) is 7.11 Å². The van der Waals surface area contributed by atoms with E-state index in [1.807, 2.05) is 6.92 Å². The molecule has 38 heteroatoms. The molecule has 0 aromatic heterocycles. The van der Waals surface area contributed by atoms with Crippen LogP contribution in [0.25, 0.3) is 0 Å². The monoisotopic (exact) mass is 1570 g/mol. The third-order valence-corrected chi connectivity index (χ3v) is 26.7. The van der Waals surface area contributed by atoms with Crippen molar-refractivity contribution in [2.75, 3.05) is 53.4 Å². The molecule has 0 spiro atoms. The van der Waals surface area contributed by atoms with Crippen LogP contribution in [-0.4, -0.2) is 399 Å². The Kier molecular flexibility index (Phi) is 27.8. The molecule has 0 radical (unpaired) electrons. The SMILES string of the molecule is CO[C@@]1(CC[C@@H](C)CO[C@@H]2O[C@H](CO)[C@@H](O)[C@H](O)[C@H]2O)O[C@H]2C[C@H]3[C@@H]4CC[C@H]5C[C@@H](O[C@@H]6O[C@H](CO)[C@H](O[C@@H]7O[C@H](CO)[C@@H](O)[C@H](O[C@@H]8O[C@H](CO)[C@@H](O[C@@H]9O[C@@H](C)[C@H](O)[C@@H](O)[C@H]9O)[C@H](O)[C@H]8O)[C@H]7O[C@@H]7O[C@H](CO)[C@@H](O)[C@H](O[C@@H]8O[C@H](CO)[C@@H](O)[C@H](O)[C@H]8O)[C@H]7O)[C@H](O)[C@H]6O)CC[C@]5(C)[C@H]4CC[C@]3(C)[C@H]2[C@@H]1C. The van der Waals surface area contributed by atoms with Crippen molar-refractivity contribution >= 4 is 0 Å². The number of methoxy groups -OCH3 is 1. The molecule has 0 aromatic rings. The lowest BCUT2D eigenvalue weighted by Gasteiger charge is -2.61. The van der Waals surface area contributed by atoms with E-state index in [0.29, 0.717) is 43.4 Å². The lowest BCUT2D eigenvalue weighted by molar-refractivity contribution is -0.414. The van der Waals surface area contributed by atoms with E-state index in [2.05, 4.69) is 20.8 Å². The summed E-state index contributed by atoms with van der Waals surface area (Å²) in [5.41, 5.74) is -0.124. The Hall–Kier alpha value is -1.52. The number of rotatable bonds is 25. The maximum absolute atomic E-state index is 12.2. The van der Waals surface area contributed by atoms with Gasteiger partial charge in [0, 0.05) is 19.4 Å². The van der Waals surface area contributed by atoms with Crippen molar-refractivity contribution in [3.8, 4) is 0 Å². The maximum Gasteiger partial charge on any atom is 0.187 e. The Morgan fingerprint density at radius 3 is 1.39 bits per heavy atom. The summed E-state index contributed by atoms with van der Waals surface area (Å²) in [4.78, 5) is 0. The van der Waals surface area contributed by atoms with Crippen LogP contribution in [0.3, 0.4) is 0 Å². The molecule has 22 N–H and O–H groups in total. The van der Waals surface area contributed by atoms with Crippen molar-refractivity contribution < 1.29 is 188 Å². The molecule has 12 fully saturated rings. The minimum Gasteiger partial charge on any atom is -0.394 e. The highest BCUT2D eigenvalue weighted by atomic mass is 16.8. The second kappa shape index (κ2) is 35.0. The normalized spacial score (nSPS) is 55.1. The van der Waals surface area contributed by atoms with Crippen molar-refractivity contribution in [2.24, 2.45) is 52.3 Å². The van der Waals surface area contributed by atoms with Crippen LogP contribution in [0.1, 0.15) is 98.8 Å². The first-order chi connectivity index (χ1) is 51.3. The van der Waals surface area contributed by atoms with Crippen LogP contribution in [0.2, 0.25) is 0 Å². The summed E-state index contributed by atoms with van der Waals surface area (Å²) in [6, 6.07) is 0. The van der Waals surface area contributed by atoms with Crippen molar-refractivity contribution in [1.29, 1.82) is 0 Å². The zero-order valence-electron chi connectivity index (χ0n) is 61.3. The van der Waals surface area contributed by atoms with E-state index in [1.165, 1.54) is 6.92 Å². The number of ether oxygens (including phenoxy) is 16. The predicted molar refractivity (Wildman–Crippen MR) is 353 cm³/mol. The van der Waals surface area contributed by atoms with Crippen molar-refractivity contribution in [1.82, 2.24) is 0 Å². The summed E-state index contributed by atoms with van der Waals surface area (Å²) in [7, 11) is 1.69. The first-order valence-corrected chi connectivity index (χ1v) is 38.2. The molecule has 0 unspecified atom stereocenters. The fourth-order valence-corrected chi connectivity index (χ4v) is 20.4. The van der Waals surface area contributed by atoms with Crippen LogP contribution in [0.5, 0.6) is 0 Å². The van der Waals surface area contributed by atoms with Gasteiger partial charge in [-0.25, -0.2) is 0 Å². The van der Waals surface area contributed by atoms with E-state index >= 15 is 0 Å². The minimum absolute atomic E-state index is 0.0326. The Balaban J connectivity index is 0.721. The summed E-state index contributed by atoms with van der Waals surface area (Å²) >= 11 is 0. The van der Waals surface area contributed by atoms with Gasteiger partial charge in [-0.15, -0.1) is 0 Å². The first-order valence-electron chi connectivity index (χ1n) is 38.2. The maximum atomic E-state index is 12.2. The smallest absolute Gasteiger partial charge is 0.187 e. The molecule has 8 heterocycles. The van der Waals surface area contributed by atoms with Gasteiger partial charge in [0.1, 0.15) is 165 Å². The fraction of sp³-hybridized carbons (Fsp3) is 1.00. The molecule has 8 saturated heterocycles. The van der Waals surface area contributed by atoms with Crippen LogP contribution in [-0.2, 0) is 75.8 Å². The molecule has 0 bridgehead atoms. The molecule has 12 rings (SSSR count). The number of aliphatic hydroxyl groups is 22. The van der Waals surface area contributed by atoms with Gasteiger partial charge in [-0.2, -0.15) is 0 Å². The summed E-state index contributed by atoms with van der Waals surface area (Å²) < 4.78 is 97.2. The highest BCUT2D eigenvalue weighted by Crippen LogP contribution is 2.71. The van der Waals surface area contributed by atoms with E-state index < -0.39 is 266 Å². The lowest BCUT2D eigenvalue weighted by Crippen LogP contribution is -2.69. The van der Waals surface area contributed by atoms with E-state index in [0.717, 1.165) is 38.5 Å². The van der Waals surface area contributed by atoms with Gasteiger partial charge in [-0.3, -0.25) is 0 Å². The standard InChI is InChI=1S/C70H118O38/c1-24(23-94-61-50(87)46(83)41(78)33(17-71)97-61)9-14-70(93-6)25(2)39-32(108-70)16-31-29-8-7-27-15-28(10-12-68(27,4)30(29)11-13-69(31,39)5)96-63-53(90)48(85)57(38(22-76)101-63)104-67-60(107-66-55(92)58(43(80)35(19-73)99-66)105-64-52(89)47(84)42(79)34(18-72)98-64)59(44(81)36(20-74)100-67)106-65-54(91)49(86)56(37(21-75)102-65)103-62-51(88)45(82)40(77)26(3)95-62/h24-67,71-92H,7-23H2,1-6H3/t24-,25+,26+,27+,28+,29-,30+,31+,32+,33-,34-,35-,36-,37-,38-,39+,40+,41-,42-,43-,44-,45-,46+,47+,48-,49-,50-,51-,52-,53-,54-,55-,56-,57+,58+,59+,60-,61-,62+,63-,64+,65+,66+,67+,68+,69+,70+/m1/s1. The van der Waals surface area contributed by atoms with Gasteiger partial charge < -0.3 is 188 Å². The summed E-state index contributed by atoms with van der Waals surface area (Å²) in [6.07, 6.45) is -57.3. The average molecular weight is 1570 g/mol. The Bertz CT molecular complexity index is 2840. The molecule has 38 nitrogen and oxygen atoms in total. The molecule has 4 aliphatic carbocycles. The Labute approximate surface area is 623 Å². The lowest BCUT2D eigenvalue weighted by atomic mass is 9.44. The molecule has 8 aliphatic heterocycles. The second-order valence-electron chi connectivity index (χ2n) is 32.8. The van der Waals surface area contributed by atoms with Gasteiger partial charge in [0.25, 0.3) is 0 Å². The van der Waals surface area contributed by atoms with Gasteiger partial charge >= 0.3 is 0 Å². The number of fused-ring (bicyclic) bond motifs is 7. The van der Waals surface area contributed by atoms with Crippen LogP contribution < -0.4 is 0 Å². The van der Waals surface area contributed by atoms with Gasteiger partial charge in [-0.1, -0.05) is 27.7 Å². The third kappa shape index (κ3) is 16.0. The molecule has 4 saturated carbocycles. The molecular weight excluding hydrogens is 1450 g/mol. The highest BCUT2D eigenvalue weighted by Gasteiger charge is 2.70. The largest absolute Gasteiger partial charge is 0.394 e. The van der Waals surface area contributed by atoms with Crippen LogP contribution in [0.4, 0.5) is 0 Å². The third-order valence-electron chi connectivity index (χ3n) is 26.7. The zero-order chi connectivity index (χ0) is 78.2. The van der Waals surface area contributed by atoms with Gasteiger partial charge in [-0.05, 0) is 111 Å². The molecule has 0 aromatic carbocycles. The van der Waals surface area contributed by atoms with Gasteiger partial charge in [0.2, 0.25) is 0 Å². The Morgan fingerprint density at radius 2 is 0.824 bits per heavy atom. The topological polar surface area (TPSA) is 593 Å². The van der Waals surface area contributed by atoms with E-state index in [-0.39, 0.29) is 47.2 Å². The van der Waals surface area contributed by atoms with Crippen LogP contribution in [0, 0.1) is 52.3 Å². The number of aliphatic hydroxyl groups excluding tert-OH is 22. The number of hydrogen-bond acceptors (Lipinski definition) is 38. The quantitative estimate of drug-likeness (QED) is 0.0378. The predicted octanol–water partition coefficient (Wildman–Crippen LogP) is -8.80. The first kappa shape index (κ1) is 85.8. The molecule has 626 valence electrons. The average Bonchev–Trinajstić information content (AvgIpc) is 1.52. The van der Waals surface area contributed by atoms with Crippen LogP contribution >= 0.6 is 0 Å². The second-order valence-corrected chi connectivity index (χ2v) is 32.8. The summed E-state index contributed by atoms with van der Waals surface area (Å²) in [6.45, 7) is 4.98. The number of hydrogen-bond donors (Lipinski definition) is 22. The minimum atomic E-state index is -2.30. The molecule has 12 aliphatic rings. The van der Waals surface area contributed by atoms with E-state index in [4.69, 9.17) is 75.8 Å². The van der Waals surface area contributed by atoms with Crippen molar-refractivity contribution in [2.45, 2.75) is 332 Å². The summed E-state index contributed by atoms with van der Waals surface area (Å²) in [5.74, 6) is 0.759. The van der Waals surface area contributed by atoms with Gasteiger partial charge in [0.05, 0.1) is 64.6 Å². The van der Waals surface area contributed by atoms with Gasteiger partial charge in [0.15, 0.2) is 49.8 Å². The molecular formula is C70H118O38. The van der Waals surface area contributed by atoms with Crippen LogP contribution in [0.15, 0.2) is 0 Å². The van der Waals surface area contributed by atoms with Crippen molar-refractivity contribution in [3.05, 3.63) is 0 Å². The highest BCUT2D eigenvalue weighted by molar-refractivity contribution is 5.16.